The average molecular weight is 319 g/mol. The highest BCUT2D eigenvalue weighted by Crippen LogP contribution is 2.22. The highest BCUT2D eigenvalue weighted by molar-refractivity contribution is 5.89. The maximum atomic E-state index is 12.1. The minimum Gasteiger partial charge on any atom is -0.459 e. The van der Waals surface area contributed by atoms with Gasteiger partial charge in [0.2, 0.25) is 0 Å². The third kappa shape index (κ3) is 4.71. The molecule has 0 aliphatic carbocycles. The van der Waals surface area contributed by atoms with Gasteiger partial charge >= 0.3 is 12.1 Å². The van der Waals surface area contributed by atoms with Crippen molar-refractivity contribution < 1.29 is 19.1 Å². The molecule has 1 aromatic rings. The molecule has 0 fully saturated rings. The number of benzene rings is 1. The van der Waals surface area contributed by atoms with Gasteiger partial charge in [-0.2, -0.15) is 0 Å². The van der Waals surface area contributed by atoms with E-state index >= 15 is 0 Å². The summed E-state index contributed by atoms with van der Waals surface area (Å²) in [4.78, 5) is 25.8. The number of hydrogen-bond donors (Lipinski definition) is 0. The molecule has 5 heteroatoms. The summed E-state index contributed by atoms with van der Waals surface area (Å²) in [5.41, 5.74) is 2.19. The van der Waals surface area contributed by atoms with Gasteiger partial charge < -0.3 is 14.4 Å². The molecule has 23 heavy (non-hydrogen) atoms. The van der Waals surface area contributed by atoms with Crippen molar-refractivity contribution in [3.8, 4) is 0 Å². The van der Waals surface area contributed by atoms with Gasteiger partial charge in [0.1, 0.15) is 5.60 Å². The third-order valence-corrected chi connectivity index (χ3v) is 3.45. The SMILES string of the molecule is CC(C)OC(=O)c1ccc2c(c1)CCN(C(=O)OC(C)(C)C)C2. The van der Waals surface area contributed by atoms with E-state index in [1.54, 1.807) is 11.0 Å². The highest BCUT2D eigenvalue weighted by atomic mass is 16.6. The number of amides is 1. The zero-order valence-electron chi connectivity index (χ0n) is 14.5. The Morgan fingerprint density at radius 1 is 1.17 bits per heavy atom. The molecule has 0 aromatic heterocycles. The molecule has 1 aromatic carbocycles. The Labute approximate surface area is 137 Å². The topological polar surface area (TPSA) is 55.8 Å². The van der Waals surface area contributed by atoms with Crippen LogP contribution in [0.5, 0.6) is 0 Å². The van der Waals surface area contributed by atoms with E-state index in [1.165, 1.54) is 0 Å². The summed E-state index contributed by atoms with van der Waals surface area (Å²) in [6, 6.07) is 5.51. The van der Waals surface area contributed by atoms with Crippen LogP contribution in [0.25, 0.3) is 0 Å². The van der Waals surface area contributed by atoms with Crippen molar-refractivity contribution in [1.29, 1.82) is 0 Å². The lowest BCUT2D eigenvalue weighted by molar-refractivity contribution is 0.0222. The van der Waals surface area contributed by atoms with Gasteiger partial charge in [0, 0.05) is 13.1 Å². The largest absolute Gasteiger partial charge is 0.459 e. The van der Waals surface area contributed by atoms with Gasteiger partial charge in [-0.1, -0.05) is 6.07 Å². The zero-order valence-corrected chi connectivity index (χ0v) is 14.5. The second-order valence-corrected chi connectivity index (χ2v) is 7.09. The van der Waals surface area contributed by atoms with E-state index in [2.05, 4.69) is 0 Å². The fourth-order valence-corrected chi connectivity index (χ4v) is 2.44. The van der Waals surface area contributed by atoms with Crippen LogP contribution in [0.1, 0.15) is 56.1 Å². The van der Waals surface area contributed by atoms with Crippen LogP contribution in [0.2, 0.25) is 0 Å². The first kappa shape index (κ1) is 17.3. The first-order valence-electron chi connectivity index (χ1n) is 7.96. The summed E-state index contributed by atoms with van der Waals surface area (Å²) < 4.78 is 10.6. The summed E-state index contributed by atoms with van der Waals surface area (Å²) in [5, 5.41) is 0. The molecule has 0 unspecified atom stereocenters. The van der Waals surface area contributed by atoms with Gasteiger partial charge in [-0.25, -0.2) is 9.59 Å². The van der Waals surface area contributed by atoms with Crippen LogP contribution in [0.4, 0.5) is 4.79 Å². The Morgan fingerprint density at radius 2 is 1.87 bits per heavy atom. The number of nitrogens with zero attached hydrogens (tertiary/aromatic N) is 1. The molecule has 0 N–H and O–H groups in total. The van der Waals surface area contributed by atoms with Gasteiger partial charge in [-0.3, -0.25) is 0 Å². The lowest BCUT2D eigenvalue weighted by Crippen LogP contribution is -2.39. The number of fused-ring (bicyclic) bond motifs is 1. The van der Waals surface area contributed by atoms with E-state index < -0.39 is 5.60 Å². The molecule has 1 amide bonds. The highest BCUT2D eigenvalue weighted by Gasteiger charge is 2.26. The Balaban J connectivity index is 2.08. The van der Waals surface area contributed by atoms with E-state index in [0.29, 0.717) is 25.1 Å². The van der Waals surface area contributed by atoms with E-state index in [-0.39, 0.29) is 18.2 Å². The quantitative estimate of drug-likeness (QED) is 0.782. The number of carbonyl (C=O) groups is 2. The Kier molecular flexibility index (Phi) is 4.97. The van der Waals surface area contributed by atoms with E-state index in [0.717, 1.165) is 11.1 Å². The maximum Gasteiger partial charge on any atom is 0.410 e. The van der Waals surface area contributed by atoms with Gasteiger partial charge in [0.05, 0.1) is 11.7 Å². The van der Waals surface area contributed by atoms with Crippen molar-refractivity contribution in [1.82, 2.24) is 4.90 Å². The number of esters is 1. The lowest BCUT2D eigenvalue weighted by atomic mass is 9.97. The molecular weight excluding hydrogens is 294 g/mol. The van der Waals surface area contributed by atoms with Gasteiger partial charge in [0.25, 0.3) is 0 Å². The summed E-state index contributed by atoms with van der Waals surface area (Å²) in [6.45, 7) is 10.3. The molecular formula is C18H25NO4. The number of ether oxygens (including phenoxy) is 2. The molecule has 1 heterocycles. The standard InChI is InChI=1S/C18H25NO4/c1-12(2)22-16(20)14-6-7-15-11-19(9-8-13(15)10-14)17(21)23-18(3,4)5/h6-7,10,12H,8-9,11H2,1-5H3. The van der Waals surface area contributed by atoms with E-state index in [9.17, 15) is 9.59 Å². The molecule has 0 radical (unpaired) electrons. The summed E-state index contributed by atoms with van der Waals surface area (Å²) in [6.07, 6.45) is 0.268. The molecule has 0 saturated carbocycles. The van der Waals surface area contributed by atoms with Crippen molar-refractivity contribution in [2.75, 3.05) is 6.54 Å². The minimum atomic E-state index is -0.498. The van der Waals surface area contributed by atoms with Crippen molar-refractivity contribution in [2.45, 2.75) is 59.3 Å². The molecule has 5 nitrogen and oxygen atoms in total. The number of hydrogen-bond acceptors (Lipinski definition) is 4. The van der Waals surface area contributed by atoms with Crippen LogP contribution >= 0.6 is 0 Å². The minimum absolute atomic E-state index is 0.138. The second kappa shape index (κ2) is 6.60. The first-order chi connectivity index (χ1) is 10.7. The Morgan fingerprint density at radius 3 is 2.48 bits per heavy atom. The first-order valence-corrected chi connectivity index (χ1v) is 7.96. The summed E-state index contributed by atoms with van der Waals surface area (Å²) >= 11 is 0. The summed E-state index contributed by atoms with van der Waals surface area (Å²) in [7, 11) is 0. The van der Waals surface area contributed by atoms with Crippen molar-refractivity contribution in [2.24, 2.45) is 0 Å². The third-order valence-electron chi connectivity index (χ3n) is 3.45. The fourth-order valence-electron chi connectivity index (χ4n) is 2.44. The van der Waals surface area contributed by atoms with Crippen molar-refractivity contribution in [3.05, 3.63) is 34.9 Å². The van der Waals surface area contributed by atoms with E-state index in [1.807, 2.05) is 46.8 Å². The van der Waals surface area contributed by atoms with Gasteiger partial charge in [-0.15, -0.1) is 0 Å². The van der Waals surface area contributed by atoms with Crippen LogP contribution in [0.15, 0.2) is 18.2 Å². The smallest absolute Gasteiger partial charge is 0.410 e. The predicted molar refractivity (Wildman–Crippen MR) is 87.3 cm³/mol. The lowest BCUT2D eigenvalue weighted by Gasteiger charge is -2.31. The molecule has 126 valence electrons. The molecule has 0 spiro atoms. The molecule has 1 aliphatic heterocycles. The van der Waals surface area contributed by atoms with Crippen LogP contribution in [-0.2, 0) is 22.4 Å². The second-order valence-electron chi connectivity index (χ2n) is 7.09. The average Bonchev–Trinajstić information content (AvgIpc) is 2.43. The van der Waals surface area contributed by atoms with Crippen LogP contribution in [0.3, 0.4) is 0 Å². The monoisotopic (exact) mass is 319 g/mol. The van der Waals surface area contributed by atoms with Crippen LogP contribution in [-0.4, -0.2) is 35.2 Å². The Hall–Kier alpha value is -2.04. The van der Waals surface area contributed by atoms with Gasteiger partial charge in [0.15, 0.2) is 0 Å². The zero-order chi connectivity index (χ0) is 17.2. The van der Waals surface area contributed by atoms with Crippen LogP contribution in [0, 0.1) is 0 Å². The van der Waals surface area contributed by atoms with E-state index in [4.69, 9.17) is 9.47 Å². The number of rotatable bonds is 2. The molecule has 2 rings (SSSR count). The fraction of sp³-hybridized carbons (Fsp3) is 0.556. The van der Waals surface area contributed by atoms with Crippen molar-refractivity contribution >= 4 is 12.1 Å². The number of carbonyl (C=O) groups excluding carboxylic acids is 2. The van der Waals surface area contributed by atoms with Crippen LogP contribution < -0.4 is 0 Å². The molecule has 1 aliphatic rings. The van der Waals surface area contributed by atoms with Gasteiger partial charge in [-0.05, 0) is 64.3 Å². The normalized spacial score (nSPS) is 14.4. The predicted octanol–water partition coefficient (Wildman–Crippen LogP) is 3.55. The van der Waals surface area contributed by atoms with Crippen molar-refractivity contribution in [3.63, 3.8) is 0 Å². The summed E-state index contributed by atoms with van der Waals surface area (Å²) in [5.74, 6) is -0.308. The maximum absolute atomic E-state index is 12.1. The molecule has 0 atom stereocenters. The Bertz CT molecular complexity index is 602. The molecule has 0 bridgehead atoms. The molecule has 0 saturated heterocycles.